The summed E-state index contributed by atoms with van der Waals surface area (Å²) < 4.78 is 0. The van der Waals surface area contributed by atoms with E-state index in [9.17, 15) is 14.7 Å². The third-order valence-electron chi connectivity index (χ3n) is 2.21. The maximum Gasteiger partial charge on any atom is 1.00 e. The van der Waals surface area contributed by atoms with Gasteiger partial charge in [0.1, 0.15) is 6.04 Å². The summed E-state index contributed by atoms with van der Waals surface area (Å²) in [5.41, 5.74) is 0. The Hall–Kier alpha value is -0.850. The summed E-state index contributed by atoms with van der Waals surface area (Å²) in [7, 11) is 0. The fraction of sp³-hybridized carbons (Fsp3) is 0.583. The molecule has 102 valence electrons. The van der Waals surface area contributed by atoms with Crippen LogP contribution in [0, 0.1) is 0 Å². The number of nitrogens with zero attached hydrogens (tertiary/aromatic N) is 1. The number of carboxylic acids is 2. The second-order valence-corrected chi connectivity index (χ2v) is 3.77. The van der Waals surface area contributed by atoms with Gasteiger partial charge in [-0.15, -0.1) is 0 Å². The molecule has 2 N–H and O–H groups in total. The van der Waals surface area contributed by atoms with Crippen molar-refractivity contribution in [3.05, 3.63) is 12.2 Å². The second-order valence-electron chi connectivity index (χ2n) is 3.77. The van der Waals surface area contributed by atoms with Crippen molar-refractivity contribution in [2.45, 2.75) is 45.1 Å². The second kappa shape index (κ2) is 12.2. The van der Waals surface area contributed by atoms with E-state index in [2.05, 4.69) is 4.99 Å². The van der Waals surface area contributed by atoms with E-state index >= 15 is 0 Å². The van der Waals surface area contributed by atoms with E-state index in [1.165, 1.54) is 0 Å². The van der Waals surface area contributed by atoms with E-state index in [1.54, 1.807) is 0 Å². The molecule has 0 aliphatic rings. The smallest absolute Gasteiger partial charge is 0.862 e. The molecular formula is C12H18NNaO5. The Labute approximate surface area is 134 Å². The number of hydrogen-bond donors (Lipinski definition) is 2. The number of aliphatic carboxylic acids is 2. The molecule has 0 aromatic heterocycles. The molecule has 0 bridgehead atoms. The van der Waals surface area contributed by atoms with Gasteiger partial charge in [-0.25, -0.2) is 4.79 Å². The molecule has 0 fully saturated rings. The van der Waals surface area contributed by atoms with Gasteiger partial charge in [0.25, 0.3) is 0 Å². The Morgan fingerprint density at radius 1 is 1.32 bits per heavy atom. The largest absolute Gasteiger partial charge is 1.00 e. The standard InChI is InChI=1S/C12H19NO5.Na/c1-2-3-4-5-6-10(14)13-9(12(17)18)7-8-11(15)16;/h2-3,9H,4-8H2,1H3,(H,13,14)(H,15,16)(H,17,18);/q;+1/p-1/b3-2+;/t9-;/m0./s1. The van der Waals surface area contributed by atoms with Crippen molar-refractivity contribution < 1.29 is 54.5 Å². The first-order valence-corrected chi connectivity index (χ1v) is 5.76. The van der Waals surface area contributed by atoms with Crippen molar-refractivity contribution in [3.8, 4) is 0 Å². The van der Waals surface area contributed by atoms with Gasteiger partial charge in [-0.1, -0.05) is 12.2 Å². The van der Waals surface area contributed by atoms with Crippen LogP contribution in [0.2, 0.25) is 0 Å². The molecule has 0 rings (SSSR count). The predicted octanol–water partition coefficient (Wildman–Crippen LogP) is -2.19. The molecule has 0 aliphatic carbocycles. The normalized spacial score (nSPS) is 13.0. The molecule has 0 unspecified atom stereocenters. The van der Waals surface area contributed by atoms with E-state index in [0.29, 0.717) is 6.42 Å². The maximum absolute atomic E-state index is 11.4. The van der Waals surface area contributed by atoms with Crippen LogP contribution in [0.1, 0.15) is 39.0 Å². The maximum atomic E-state index is 11.4. The van der Waals surface area contributed by atoms with Crippen LogP contribution in [0.4, 0.5) is 0 Å². The summed E-state index contributed by atoms with van der Waals surface area (Å²) >= 11 is 0. The van der Waals surface area contributed by atoms with Gasteiger partial charge in [-0.2, -0.15) is 0 Å². The zero-order valence-electron chi connectivity index (χ0n) is 11.3. The summed E-state index contributed by atoms with van der Waals surface area (Å²) in [5, 5.41) is 28.6. The number of carboxylic acid groups (broad SMARTS) is 2. The van der Waals surface area contributed by atoms with E-state index in [-0.39, 0.29) is 48.8 Å². The van der Waals surface area contributed by atoms with Gasteiger partial charge in [0, 0.05) is 6.42 Å². The third kappa shape index (κ3) is 11.9. The Balaban J connectivity index is 0. The summed E-state index contributed by atoms with van der Waals surface area (Å²) in [6.07, 6.45) is 4.84. The van der Waals surface area contributed by atoms with Crippen molar-refractivity contribution in [3.63, 3.8) is 0 Å². The van der Waals surface area contributed by atoms with Gasteiger partial charge in [0.2, 0.25) is 0 Å². The van der Waals surface area contributed by atoms with Crippen molar-refractivity contribution in [2.75, 3.05) is 0 Å². The first-order valence-electron chi connectivity index (χ1n) is 5.76. The van der Waals surface area contributed by atoms with E-state index < -0.39 is 23.9 Å². The quantitative estimate of drug-likeness (QED) is 0.164. The number of aliphatic imine (C=N–C) groups is 1. The van der Waals surface area contributed by atoms with Gasteiger partial charge >= 0.3 is 41.5 Å². The zero-order chi connectivity index (χ0) is 14.0. The van der Waals surface area contributed by atoms with Gasteiger partial charge < -0.3 is 15.3 Å². The van der Waals surface area contributed by atoms with Crippen LogP contribution in [0.5, 0.6) is 0 Å². The Kier molecular flexibility index (Phi) is 13.1. The fourth-order valence-electron chi connectivity index (χ4n) is 1.28. The average molecular weight is 279 g/mol. The molecule has 7 heteroatoms. The number of rotatable bonds is 9. The molecule has 19 heavy (non-hydrogen) atoms. The number of carbonyl (C=O) groups is 2. The molecule has 0 aromatic carbocycles. The van der Waals surface area contributed by atoms with Crippen molar-refractivity contribution >= 4 is 17.8 Å². The minimum Gasteiger partial charge on any atom is -0.862 e. The number of unbranched alkanes of at least 4 members (excludes halogenated alkanes) is 1. The molecule has 0 amide bonds. The SMILES string of the molecule is C/C=C/CCCC([O-])=N[C@@H](CCC(=O)O)C(=O)O.[Na+]. The Morgan fingerprint density at radius 3 is 2.42 bits per heavy atom. The first kappa shape index (κ1) is 20.5. The summed E-state index contributed by atoms with van der Waals surface area (Å²) in [5.74, 6) is -2.85. The van der Waals surface area contributed by atoms with Gasteiger partial charge in [0.05, 0.1) is 0 Å². The first-order chi connectivity index (χ1) is 8.47. The monoisotopic (exact) mass is 279 g/mol. The molecule has 0 aromatic rings. The molecular weight excluding hydrogens is 261 g/mol. The van der Waals surface area contributed by atoms with Crippen LogP contribution in [-0.4, -0.2) is 34.1 Å². The van der Waals surface area contributed by atoms with Crippen LogP contribution in [0.15, 0.2) is 17.1 Å². The zero-order valence-corrected chi connectivity index (χ0v) is 13.3. The van der Waals surface area contributed by atoms with Crippen LogP contribution < -0.4 is 34.7 Å². The summed E-state index contributed by atoms with van der Waals surface area (Å²) in [4.78, 5) is 24.6. The van der Waals surface area contributed by atoms with Gasteiger partial charge in [-0.05, 0) is 38.5 Å². The molecule has 1 atom stereocenters. The van der Waals surface area contributed by atoms with Crippen LogP contribution in [0.25, 0.3) is 0 Å². The minimum atomic E-state index is -1.27. The minimum absolute atomic E-state index is 0. The molecule has 6 nitrogen and oxygen atoms in total. The molecule has 0 spiro atoms. The van der Waals surface area contributed by atoms with E-state index in [0.717, 1.165) is 6.42 Å². The molecule has 0 saturated carbocycles. The number of hydrogen-bond acceptors (Lipinski definition) is 4. The van der Waals surface area contributed by atoms with Crippen LogP contribution >= 0.6 is 0 Å². The fourth-order valence-corrected chi connectivity index (χ4v) is 1.28. The van der Waals surface area contributed by atoms with Crippen molar-refractivity contribution in [1.29, 1.82) is 0 Å². The predicted molar refractivity (Wildman–Crippen MR) is 64.4 cm³/mol. The third-order valence-corrected chi connectivity index (χ3v) is 2.21. The number of allylic oxidation sites excluding steroid dienone is 2. The molecule has 0 aliphatic heterocycles. The van der Waals surface area contributed by atoms with E-state index in [4.69, 9.17) is 10.2 Å². The van der Waals surface area contributed by atoms with Gasteiger partial charge in [0.15, 0.2) is 0 Å². The summed E-state index contributed by atoms with van der Waals surface area (Å²) in [6, 6.07) is -1.25. The molecule has 0 saturated heterocycles. The molecule has 0 heterocycles. The van der Waals surface area contributed by atoms with E-state index in [1.807, 2.05) is 19.1 Å². The topological polar surface area (TPSA) is 110 Å². The van der Waals surface area contributed by atoms with Crippen molar-refractivity contribution in [2.24, 2.45) is 4.99 Å². The van der Waals surface area contributed by atoms with Crippen LogP contribution in [-0.2, 0) is 9.59 Å². The molecule has 0 radical (unpaired) electrons. The average Bonchev–Trinajstić information content (AvgIpc) is 2.29. The van der Waals surface area contributed by atoms with Gasteiger partial charge in [-0.3, -0.25) is 9.79 Å². The Morgan fingerprint density at radius 2 is 1.95 bits per heavy atom. The van der Waals surface area contributed by atoms with Crippen LogP contribution in [0.3, 0.4) is 0 Å². The van der Waals surface area contributed by atoms with Crippen molar-refractivity contribution in [1.82, 2.24) is 0 Å². The Bertz CT molecular complexity index is 341. The summed E-state index contributed by atoms with van der Waals surface area (Å²) in [6.45, 7) is 1.87.